The number of benzene rings is 1. The highest BCUT2D eigenvalue weighted by atomic mass is 16.5. The largest absolute Gasteiger partial charge is 0.480 e. The zero-order chi connectivity index (χ0) is 24.7. The van der Waals surface area contributed by atoms with Gasteiger partial charge in [0, 0.05) is 24.6 Å². The topological polar surface area (TPSA) is 109 Å². The van der Waals surface area contributed by atoms with Gasteiger partial charge in [0.05, 0.1) is 17.5 Å². The summed E-state index contributed by atoms with van der Waals surface area (Å²) in [6.07, 6.45) is 5.99. The molecule has 8 nitrogen and oxygen atoms in total. The zero-order valence-electron chi connectivity index (χ0n) is 20.5. The summed E-state index contributed by atoms with van der Waals surface area (Å²) >= 11 is 0. The van der Waals surface area contributed by atoms with Crippen LogP contribution in [-0.4, -0.2) is 53.2 Å². The van der Waals surface area contributed by atoms with Crippen LogP contribution in [0.3, 0.4) is 0 Å². The number of hydrogen-bond donors (Lipinski definition) is 2. The van der Waals surface area contributed by atoms with Crippen LogP contribution in [0.25, 0.3) is 11.0 Å². The number of ether oxygens (including phenoxy) is 1. The normalized spacial score (nSPS) is 24.5. The molecule has 2 aromatic rings. The molecule has 2 aliphatic carbocycles. The summed E-state index contributed by atoms with van der Waals surface area (Å²) in [6, 6.07) is 3.67. The Bertz CT molecular complexity index is 1220. The maximum atomic E-state index is 12.8. The predicted molar refractivity (Wildman–Crippen MR) is 130 cm³/mol. The van der Waals surface area contributed by atoms with Crippen LogP contribution in [0.4, 0.5) is 0 Å². The molecular weight excluding hydrogens is 448 g/mol. The molecule has 1 aliphatic heterocycles. The fourth-order valence-corrected chi connectivity index (χ4v) is 6.06. The molecule has 0 radical (unpaired) electrons. The SMILES string of the molecule is Cc1cc(O[C@H](C)C(=O)NCC(=O)N2CC[C@]3(O)CCCC[C@H]3C2)c2c3c(c(=O)oc2c1)CCC3. The standard InChI is InChI=1S/C27H34N2O6/c1-16-12-21(24-19-7-5-8-20(19)26(32)35-22(24)13-16)34-17(2)25(31)28-14-23(30)29-11-10-27(33)9-4-3-6-18(27)15-29/h12-13,17-18,33H,3-11,14-15H2,1-2H3,(H,28,31)/t17-,18+,27-/m1/s1. The van der Waals surface area contributed by atoms with Crippen LogP contribution in [-0.2, 0) is 22.4 Å². The van der Waals surface area contributed by atoms with E-state index in [0.29, 0.717) is 42.8 Å². The van der Waals surface area contributed by atoms with Gasteiger partial charge >= 0.3 is 5.63 Å². The Morgan fingerprint density at radius 2 is 2.03 bits per heavy atom. The van der Waals surface area contributed by atoms with E-state index in [9.17, 15) is 19.5 Å². The molecule has 1 aromatic carbocycles. The Morgan fingerprint density at radius 1 is 1.23 bits per heavy atom. The third-order valence-electron chi connectivity index (χ3n) is 8.05. The average Bonchev–Trinajstić information content (AvgIpc) is 3.32. The van der Waals surface area contributed by atoms with Crippen LogP contribution >= 0.6 is 0 Å². The Balaban J connectivity index is 1.24. The average molecular weight is 483 g/mol. The van der Waals surface area contributed by atoms with Crippen molar-refractivity contribution in [1.29, 1.82) is 0 Å². The molecule has 1 saturated carbocycles. The van der Waals surface area contributed by atoms with E-state index in [2.05, 4.69) is 5.32 Å². The number of nitrogens with one attached hydrogen (secondary N) is 1. The van der Waals surface area contributed by atoms with Gasteiger partial charge in [-0.1, -0.05) is 12.8 Å². The van der Waals surface area contributed by atoms with Gasteiger partial charge in [0.2, 0.25) is 5.91 Å². The molecule has 0 unspecified atom stereocenters. The van der Waals surface area contributed by atoms with Crippen LogP contribution in [0, 0.1) is 12.8 Å². The number of carbonyl (C=O) groups is 2. The van der Waals surface area contributed by atoms with Gasteiger partial charge in [0.25, 0.3) is 5.91 Å². The number of rotatable bonds is 5. The number of aliphatic hydroxyl groups is 1. The van der Waals surface area contributed by atoms with Crippen molar-refractivity contribution >= 4 is 22.8 Å². The number of piperidine rings is 1. The van der Waals surface area contributed by atoms with Crippen molar-refractivity contribution in [3.05, 3.63) is 39.2 Å². The fourth-order valence-electron chi connectivity index (χ4n) is 6.06. The highest BCUT2D eigenvalue weighted by Crippen LogP contribution is 2.40. The first-order valence-corrected chi connectivity index (χ1v) is 12.8. The molecule has 35 heavy (non-hydrogen) atoms. The lowest BCUT2D eigenvalue weighted by atomic mass is 9.71. The highest BCUT2D eigenvalue weighted by molar-refractivity contribution is 5.90. The van der Waals surface area contributed by atoms with E-state index < -0.39 is 11.7 Å². The lowest BCUT2D eigenvalue weighted by Gasteiger charge is -2.47. The van der Waals surface area contributed by atoms with Crippen LogP contribution in [0.2, 0.25) is 0 Å². The van der Waals surface area contributed by atoms with Gasteiger partial charge in [0.1, 0.15) is 11.3 Å². The third-order valence-corrected chi connectivity index (χ3v) is 8.05. The van der Waals surface area contributed by atoms with Crippen molar-refractivity contribution < 1.29 is 23.8 Å². The number of nitrogens with zero attached hydrogens (tertiary/aromatic N) is 1. The Morgan fingerprint density at radius 3 is 2.86 bits per heavy atom. The van der Waals surface area contributed by atoms with Crippen molar-refractivity contribution in [2.24, 2.45) is 5.92 Å². The maximum Gasteiger partial charge on any atom is 0.339 e. The van der Waals surface area contributed by atoms with Crippen molar-refractivity contribution in [2.75, 3.05) is 19.6 Å². The van der Waals surface area contributed by atoms with E-state index in [0.717, 1.165) is 55.0 Å². The Kier molecular flexibility index (Phi) is 6.34. The van der Waals surface area contributed by atoms with Gasteiger partial charge in [-0.15, -0.1) is 0 Å². The summed E-state index contributed by atoms with van der Waals surface area (Å²) in [5.41, 5.74) is 2.04. The fraction of sp³-hybridized carbons (Fsp3) is 0.593. The molecule has 8 heteroatoms. The zero-order valence-corrected chi connectivity index (χ0v) is 20.5. The summed E-state index contributed by atoms with van der Waals surface area (Å²) in [4.78, 5) is 39.7. The summed E-state index contributed by atoms with van der Waals surface area (Å²) in [5, 5.41) is 14.3. The lowest BCUT2D eigenvalue weighted by Crippen LogP contribution is -2.56. The molecule has 0 bridgehead atoms. The van der Waals surface area contributed by atoms with Crippen molar-refractivity contribution in [2.45, 2.75) is 76.9 Å². The summed E-state index contributed by atoms with van der Waals surface area (Å²) in [6.45, 7) is 4.49. The maximum absolute atomic E-state index is 12.8. The second-order valence-corrected chi connectivity index (χ2v) is 10.5. The van der Waals surface area contributed by atoms with Crippen molar-refractivity contribution in [3.8, 4) is 5.75 Å². The van der Waals surface area contributed by atoms with Gasteiger partial charge < -0.3 is 24.5 Å². The highest BCUT2D eigenvalue weighted by Gasteiger charge is 2.43. The molecule has 2 fully saturated rings. The van der Waals surface area contributed by atoms with Crippen LogP contribution in [0.15, 0.2) is 21.3 Å². The molecule has 2 N–H and O–H groups in total. The first-order chi connectivity index (χ1) is 16.7. The Labute approximate surface area is 204 Å². The molecule has 2 amide bonds. The van der Waals surface area contributed by atoms with Gasteiger partial charge in [-0.05, 0) is 75.6 Å². The molecule has 0 spiro atoms. The number of likely N-dealkylation sites (tertiary alicyclic amines) is 1. The van der Waals surface area contributed by atoms with E-state index in [1.54, 1.807) is 11.8 Å². The van der Waals surface area contributed by atoms with Crippen LogP contribution < -0.4 is 15.7 Å². The second-order valence-electron chi connectivity index (χ2n) is 10.5. The monoisotopic (exact) mass is 482 g/mol. The van der Waals surface area contributed by atoms with E-state index in [4.69, 9.17) is 9.15 Å². The molecule has 188 valence electrons. The van der Waals surface area contributed by atoms with E-state index in [1.165, 1.54) is 0 Å². The minimum Gasteiger partial charge on any atom is -0.480 e. The first kappa shape index (κ1) is 23.9. The van der Waals surface area contributed by atoms with Gasteiger partial charge in [0.15, 0.2) is 6.10 Å². The molecule has 1 saturated heterocycles. The smallest absolute Gasteiger partial charge is 0.339 e. The molecular formula is C27H34N2O6. The lowest BCUT2D eigenvalue weighted by molar-refractivity contribution is -0.144. The minimum atomic E-state index is -0.832. The van der Waals surface area contributed by atoms with Crippen molar-refractivity contribution in [3.63, 3.8) is 0 Å². The van der Waals surface area contributed by atoms with Gasteiger partial charge in [-0.2, -0.15) is 0 Å². The molecule has 5 rings (SSSR count). The van der Waals surface area contributed by atoms with Gasteiger partial charge in [-0.3, -0.25) is 9.59 Å². The van der Waals surface area contributed by atoms with E-state index in [-0.39, 0.29) is 29.9 Å². The molecule has 1 aromatic heterocycles. The number of hydrogen-bond acceptors (Lipinski definition) is 6. The summed E-state index contributed by atoms with van der Waals surface area (Å²) in [7, 11) is 0. The predicted octanol–water partition coefficient (Wildman–Crippen LogP) is 2.63. The van der Waals surface area contributed by atoms with Gasteiger partial charge in [-0.25, -0.2) is 4.79 Å². The van der Waals surface area contributed by atoms with E-state index >= 15 is 0 Å². The number of fused-ring (bicyclic) bond motifs is 4. The van der Waals surface area contributed by atoms with Crippen LogP contribution in [0.1, 0.15) is 62.1 Å². The number of carbonyl (C=O) groups excluding carboxylic acids is 2. The number of amides is 2. The second kappa shape index (κ2) is 9.30. The third kappa shape index (κ3) is 4.56. The van der Waals surface area contributed by atoms with Crippen LogP contribution in [0.5, 0.6) is 5.75 Å². The van der Waals surface area contributed by atoms with Crippen molar-refractivity contribution in [1.82, 2.24) is 10.2 Å². The minimum absolute atomic E-state index is 0.101. The Hall–Kier alpha value is -2.87. The molecule has 3 atom stereocenters. The summed E-state index contributed by atoms with van der Waals surface area (Å²) < 4.78 is 11.6. The quantitative estimate of drug-likeness (QED) is 0.634. The molecule has 2 heterocycles. The summed E-state index contributed by atoms with van der Waals surface area (Å²) in [5.74, 6) is 0.110. The van der Waals surface area contributed by atoms with E-state index in [1.807, 2.05) is 19.1 Å². The molecule has 3 aliphatic rings. The first-order valence-electron chi connectivity index (χ1n) is 12.8. The number of aryl methyl sites for hydroxylation is 2.